The summed E-state index contributed by atoms with van der Waals surface area (Å²) in [6.07, 6.45) is 0. The highest BCUT2D eigenvalue weighted by Crippen LogP contribution is 2.21. The van der Waals surface area contributed by atoms with Crippen molar-refractivity contribution in [2.45, 2.75) is 24.8 Å². The quantitative estimate of drug-likeness (QED) is 0.690. The number of aliphatic hydroxyl groups is 1. The highest BCUT2D eigenvalue weighted by atomic mass is 32.2. The second kappa shape index (κ2) is 5.64. The molecule has 102 valence electrons. The molecule has 1 rings (SSSR count). The van der Waals surface area contributed by atoms with Gasteiger partial charge < -0.3 is 10.8 Å². The van der Waals surface area contributed by atoms with Gasteiger partial charge in [0.05, 0.1) is 12.3 Å². The number of hydrogen-bond donors (Lipinski definition) is 3. The van der Waals surface area contributed by atoms with E-state index in [4.69, 9.17) is 10.8 Å². The van der Waals surface area contributed by atoms with Crippen molar-refractivity contribution in [3.8, 4) is 0 Å². The Kier molecular flexibility index (Phi) is 4.66. The number of nitrogen functional groups attached to an aromatic ring is 1. The Balaban J connectivity index is 3.11. The van der Waals surface area contributed by atoms with Crippen molar-refractivity contribution in [3.63, 3.8) is 0 Å². The van der Waals surface area contributed by atoms with E-state index in [2.05, 4.69) is 4.72 Å². The molecule has 0 saturated heterocycles. The van der Waals surface area contributed by atoms with Crippen LogP contribution in [0.3, 0.4) is 0 Å². The molecule has 1 aromatic rings. The third kappa shape index (κ3) is 3.18. The average Bonchev–Trinajstić information content (AvgIpc) is 2.29. The van der Waals surface area contributed by atoms with Crippen LogP contribution in [-0.2, 0) is 10.0 Å². The van der Waals surface area contributed by atoms with Gasteiger partial charge in [-0.2, -0.15) is 0 Å². The van der Waals surface area contributed by atoms with Crippen LogP contribution in [0.4, 0.5) is 10.1 Å². The van der Waals surface area contributed by atoms with Gasteiger partial charge in [0.15, 0.2) is 0 Å². The lowest BCUT2D eigenvalue weighted by Crippen LogP contribution is -2.41. The summed E-state index contributed by atoms with van der Waals surface area (Å²) in [7, 11) is -3.94. The summed E-state index contributed by atoms with van der Waals surface area (Å²) in [5.74, 6) is -0.887. The van der Waals surface area contributed by atoms with Crippen molar-refractivity contribution in [2.24, 2.45) is 5.92 Å². The molecule has 0 aliphatic rings. The Morgan fingerprint density at radius 2 is 2.06 bits per heavy atom. The molecule has 1 atom stereocenters. The normalized spacial score (nSPS) is 13.8. The third-order valence-corrected chi connectivity index (χ3v) is 4.16. The maximum absolute atomic E-state index is 13.2. The summed E-state index contributed by atoms with van der Waals surface area (Å²) in [6, 6.07) is 2.93. The van der Waals surface area contributed by atoms with Crippen molar-refractivity contribution in [3.05, 3.63) is 24.0 Å². The van der Waals surface area contributed by atoms with Gasteiger partial charge >= 0.3 is 0 Å². The first kappa shape index (κ1) is 14.9. The molecule has 0 aliphatic carbocycles. The van der Waals surface area contributed by atoms with E-state index in [1.54, 1.807) is 13.8 Å². The van der Waals surface area contributed by atoms with E-state index in [0.29, 0.717) is 0 Å². The first-order chi connectivity index (χ1) is 8.29. The van der Waals surface area contributed by atoms with Crippen LogP contribution in [0.5, 0.6) is 0 Å². The van der Waals surface area contributed by atoms with Gasteiger partial charge in [-0.25, -0.2) is 17.5 Å². The molecule has 0 saturated carbocycles. The second-order valence-electron chi connectivity index (χ2n) is 4.31. The summed E-state index contributed by atoms with van der Waals surface area (Å²) in [5, 5.41) is 9.10. The van der Waals surface area contributed by atoms with Gasteiger partial charge in [-0.15, -0.1) is 0 Å². The molecule has 0 aliphatic heterocycles. The summed E-state index contributed by atoms with van der Waals surface area (Å²) in [6.45, 7) is 3.18. The molecular weight excluding hydrogens is 259 g/mol. The monoisotopic (exact) mass is 276 g/mol. The van der Waals surface area contributed by atoms with Crippen LogP contribution in [0, 0.1) is 11.7 Å². The van der Waals surface area contributed by atoms with Gasteiger partial charge in [-0.05, 0) is 18.1 Å². The second-order valence-corrected chi connectivity index (χ2v) is 5.99. The molecule has 0 amide bonds. The van der Waals surface area contributed by atoms with Gasteiger partial charge in [0.25, 0.3) is 0 Å². The molecule has 0 radical (unpaired) electrons. The van der Waals surface area contributed by atoms with E-state index in [1.165, 1.54) is 12.1 Å². The molecule has 1 aromatic carbocycles. The molecule has 0 spiro atoms. The maximum Gasteiger partial charge on any atom is 0.243 e. The fourth-order valence-corrected chi connectivity index (χ4v) is 2.92. The Morgan fingerprint density at radius 1 is 1.44 bits per heavy atom. The number of nitrogens with two attached hydrogens (primary N) is 1. The number of halogens is 1. The SMILES string of the molecule is CC(C)[C@@H](CO)NS(=O)(=O)c1cccc(F)c1N. The molecule has 7 heteroatoms. The highest BCUT2D eigenvalue weighted by Gasteiger charge is 2.24. The smallest absolute Gasteiger partial charge is 0.243 e. The van der Waals surface area contributed by atoms with Crippen molar-refractivity contribution in [1.29, 1.82) is 0 Å². The Bertz CT molecular complexity index is 517. The molecule has 4 N–H and O–H groups in total. The van der Waals surface area contributed by atoms with Crippen molar-refractivity contribution in [1.82, 2.24) is 4.72 Å². The minimum Gasteiger partial charge on any atom is -0.395 e. The van der Waals surface area contributed by atoms with Crippen LogP contribution >= 0.6 is 0 Å². The number of sulfonamides is 1. The van der Waals surface area contributed by atoms with E-state index in [0.717, 1.165) is 6.07 Å². The Morgan fingerprint density at radius 3 is 2.56 bits per heavy atom. The van der Waals surface area contributed by atoms with Crippen molar-refractivity contribution in [2.75, 3.05) is 12.3 Å². The predicted molar refractivity (Wildman–Crippen MR) is 66.8 cm³/mol. The average molecular weight is 276 g/mol. The zero-order valence-electron chi connectivity index (χ0n) is 10.2. The number of aliphatic hydroxyl groups excluding tert-OH is 1. The fraction of sp³-hybridized carbons (Fsp3) is 0.455. The van der Waals surface area contributed by atoms with Gasteiger partial charge in [-0.1, -0.05) is 19.9 Å². The zero-order chi connectivity index (χ0) is 13.9. The van der Waals surface area contributed by atoms with Gasteiger partial charge in [0.2, 0.25) is 10.0 Å². The lowest BCUT2D eigenvalue weighted by Gasteiger charge is -2.20. The first-order valence-corrected chi connectivity index (χ1v) is 6.95. The van der Waals surface area contributed by atoms with E-state index < -0.39 is 27.6 Å². The number of rotatable bonds is 5. The number of hydrogen-bond acceptors (Lipinski definition) is 4. The molecule has 0 fully saturated rings. The minimum atomic E-state index is -3.94. The largest absolute Gasteiger partial charge is 0.395 e. The predicted octanol–water partition coefficient (Wildman–Crippen LogP) is 0.703. The van der Waals surface area contributed by atoms with Crippen LogP contribution < -0.4 is 10.5 Å². The van der Waals surface area contributed by atoms with Crippen LogP contribution in [0.15, 0.2) is 23.1 Å². The van der Waals surface area contributed by atoms with Gasteiger partial charge in [0.1, 0.15) is 10.7 Å². The lowest BCUT2D eigenvalue weighted by molar-refractivity contribution is 0.227. The fourth-order valence-electron chi connectivity index (χ4n) is 1.40. The minimum absolute atomic E-state index is 0.0976. The van der Waals surface area contributed by atoms with E-state index in [9.17, 15) is 12.8 Å². The van der Waals surface area contributed by atoms with E-state index >= 15 is 0 Å². The number of nitrogens with one attached hydrogen (secondary N) is 1. The Labute approximate surface area is 106 Å². The molecular formula is C11H17FN2O3S. The number of para-hydroxylation sites is 1. The molecule has 0 aromatic heterocycles. The topological polar surface area (TPSA) is 92.4 Å². The molecule has 18 heavy (non-hydrogen) atoms. The van der Waals surface area contributed by atoms with Crippen LogP contribution in [0.2, 0.25) is 0 Å². The molecule has 0 unspecified atom stereocenters. The van der Waals surface area contributed by atoms with Crippen LogP contribution in [0.25, 0.3) is 0 Å². The Hall–Kier alpha value is -1.18. The van der Waals surface area contributed by atoms with Crippen molar-refractivity contribution < 1.29 is 17.9 Å². The molecule has 5 nitrogen and oxygen atoms in total. The summed E-state index contributed by atoms with van der Waals surface area (Å²) >= 11 is 0. The molecule has 0 bridgehead atoms. The number of anilines is 1. The zero-order valence-corrected chi connectivity index (χ0v) is 11.0. The van der Waals surface area contributed by atoms with Gasteiger partial charge in [-0.3, -0.25) is 0 Å². The summed E-state index contributed by atoms with van der Waals surface area (Å²) < 4.78 is 39.5. The van der Waals surface area contributed by atoms with Crippen LogP contribution in [0.1, 0.15) is 13.8 Å². The van der Waals surface area contributed by atoms with E-state index in [-0.39, 0.29) is 17.4 Å². The van der Waals surface area contributed by atoms with Gasteiger partial charge in [0, 0.05) is 6.04 Å². The maximum atomic E-state index is 13.2. The summed E-state index contributed by atoms with van der Waals surface area (Å²) in [4.78, 5) is -0.318. The standard InChI is InChI=1S/C11H17FN2O3S/c1-7(2)9(6-15)14-18(16,17)10-5-3-4-8(12)11(10)13/h3-5,7,9,14-15H,6,13H2,1-2H3/t9-/m1/s1. The van der Waals surface area contributed by atoms with E-state index in [1.807, 2.05) is 0 Å². The van der Waals surface area contributed by atoms with Crippen molar-refractivity contribution >= 4 is 15.7 Å². The molecule has 0 heterocycles. The first-order valence-electron chi connectivity index (χ1n) is 5.46. The van der Waals surface area contributed by atoms with Crippen LogP contribution in [-0.4, -0.2) is 26.2 Å². The number of benzene rings is 1. The summed E-state index contributed by atoms with van der Waals surface area (Å²) in [5.41, 5.74) is 4.98. The third-order valence-electron chi connectivity index (χ3n) is 2.61. The lowest BCUT2D eigenvalue weighted by atomic mass is 10.1. The highest BCUT2D eigenvalue weighted by molar-refractivity contribution is 7.89.